The third-order valence-corrected chi connectivity index (χ3v) is 6.53. The van der Waals surface area contributed by atoms with Crippen LogP contribution >= 0.6 is 23.1 Å². The first-order valence-electron chi connectivity index (χ1n) is 9.96. The van der Waals surface area contributed by atoms with Crippen LogP contribution in [0.1, 0.15) is 5.56 Å². The third-order valence-electron chi connectivity index (χ3n) is 4.40. The maximum atomic E-state index is 12.9. The van der Waals surface area contributed by atoms with Gasteiger partial charge in [0.2, 0.25) is 0 Å². The number of hydrogen-bond acceptors (Lipinski definition) is 6. The summed E-state index contributed by atoms with van der Waals surface area (Å²) >= 11 is 3.22. The fourth-order valence-corrected chi connectivity index (χ4v) is 4.91. The minimum atomic E-state index is -0.351. The molecule has 164 valence electrons. The summed E-state index contributed by atoms with van der Waals surface area (Å²) in [5.41, 5.74) is 2.73. The van der Waals surface area contributed by atoms with Crippen LogP contribution in [0.5, 0.6) is 11.5 Å². The lowest BCUT2D eigenvalue weighted by molar-refractivity contribution is -0.118. The smallest absolute Gasteiger partial charge is 0.262 e. The molecule has 0 radical (unpaired) electrons. The van der Waals surface area contributed by atoms with Gasteiger partial charge < -0.3 is 14.8 Å². The summed E-state index contributed by atoms with van der Waals surface area (Å²) in [6.07, 6.45) is 0. The number of aromatic nitrogens is 1. The molecule has 8 heteroatoms. The van der Waals surface area contributed by atoms with E-state index in [9.17, 15) is 9.18 Å². The van der Waals surface area contributed by atoms with Crippen molar-refractivity contribution < 1.29 is 18.7 Å². The number of aryl methyl sites for hydroxylation is 1. The first-order valence-corrected chi connectivity index (χ1v) is 11.8. The molecule has 3 aromatic carbocycles. The number of nitrogens with zero attached hydrogens (tertiary/aromatic N) is 1. The second kappa shape index (κ2) is 10.5. The monoisotopic (exact) mass is 468 g/mol. The molecule has 1 N–H and O–H groups in total. The van der Waals surface area contributed by atoms with E-state index in [2.05, 4.69) is 10.3 Å². The lowest BCUT2D eigenvalue weighted by Crippen LogP contribution is -2.20. The molecular weight excluding hydrogens is 447 g/mol. The molecule has 4 aromatic rings. The highest BCUT2D eigenvalue weighted by molar-refractivity contribution is 8.01. The van der Waals surface area contributed by atoms with Gasteiger partial charge in [-0.3, -0.25) is 4.79 Å². The van der Waals surface area contributed by atoms with Gasteiger partial charge in [-0.2, -0.15) is 0 Å². The van der Waals surface area contributed by atoms with Crippen LogP contribution in [0, 0.1) is 12.7 Å². The Morgan fingerprint density at radius 1 is 1.06 bits per heavy atom. The fraction of sp³-hybridized carbons (Fsp3) is 0.167. The van der Waals surface area contributed by atoms with Crippen LogP contribution in [-0.4, -0.2) is 29.9 Å². The first kappa shape index (κ1) is 22.1. The van der Waals surface area contributed by atoms with E-state index in [1.165, 1.54) is 29.8 Å². The summed E-state index contributed by atoms with van der Waals surface area (Å²) in [7, 11) is 0. The van der Waals surface area contributed by atoms with Crippen LogP contribution in [0.15, 0.2) is 71.1 Å². The molecular formula is C24H21FN2O3S2. The fourth-order valence-electron chi connectivity index (χ4n) is 2.91. The number of rotatable bonds is 9. The molecule has 1 heterocycles. The van der Waals surface area contributed by atoms with Gasteiger partial charge in [0.1, 0.15) is 17.3 Å². The number of benzene rings is 3. The number of halogens is 1. The summed E-state index contributed by atoms with van der Waals surface area (Å²) in [4.78, 5) is 16.8. The molecule has 0 bridgehead atoms. The molecule has 0 spiro atoms. The summed E-state index contributed by atoms with van der Waals surface area (Å²) in [5, 5.41) is 2.81. The molecule has 5 nitrogen and oxygen atoms in total. The van der Waals surface area contributed by atoms with Gasteiger partial charge in [-0.1, -0.05) is 23.9 Å². The van der Waals surface area contributed by atoms with Crippen molar-refractivity contribution in [2.45, 2.75) is 11.3 Å². The first-order chi connectivity index (χ1) is 15.5. The molecule has 1 aromatic heterocycles. The van der Waals surface area contributed by atoms with E-state index in [4.69, 9.17) is 9.47 Å². The molecule has 0 fully saturated rings. The van der Waals surface area contributed by atoms with Gasteiger partial charge in [0.25, 0.3) is 5.91 Å². The summed E-state index contributed by atoms with van der Waals surface area (Å²) < 4.78 is 26.0. The number of hydrogen-bond donors (Lipinski definition) is 1. The Morgan fingerprint density at radius 3 is 2.72 bits per heavy atom. The zero-order valence-electron chi connectivity index (χ0n) is 17.3. The van der Waals surface area contributed by atoms with E-state index in [1.54, 1.807) is 23.1 Å². The van der Waals surface area contributed by atoms with Crippen LogP contribution in [0.3, 0.4) is 0 Å². The molecule has 0 unspecified atom stereocenters. The van der Waals surface area contributed by atoms with E-state index in [0.29, 0.717) is 18.0 Å². The summed E-state index contributed by atoms with van der Waals surface area (Å²) in [6.45, 7) is 2.48. The molecule has 0 aliphatic heterocycles. The molecule has 32 heavy (non-hydrogen) atoms. The number of thioether (sulfide) groups is 1. The van der Waals surface area contributed by atoms with Crippen LogP contribution in [0.25, 0.3) is 10.2 Å². The molecule has 0 saturated carbocycles. The molecule has 4 rings (SSSR count). The number of thiazole rings is 1. The van der Waals surface area contributed by atoms with Crippen molar-refractivity contribution in [2.75, 3.05) is 24.3 Å². The second-order valence-corrected chi connectivity index (χ2v) is 9.34. The van der Waals surface area contributed by atoms with E-state index >= 15 is 0 Å². The Hall–Kier alpha value is -3.10. The predicted molar refractivity (Wildman–Crippen MR) is 128 cm³/mol. The highest BCUT2D eigenvalue weighted by Crippen LogP contribution is 2.31. The average Bonchev–Trinajstić information content (AvgIpc) is 3.18. The van der Waals surface area contributed by atoms with Crippen molar-refractivity contribution in [1.29, 1.82) is 0 Å². The molecule has 0 atom stereocenters. The van der Waals surface area contributed by atoms with Crippen molar-refractivity contribution in [1.82, 2.24) is 4.98 Å². The minimum absolute atomic E-state index is 0.158. The minimum Gasteiger partial charge on any atom is -0.493 e. The van der Waals surface area contributed by atoms with Crippen molar-refractivity contribution in [3.05, 3.63) is 78.1 Å². The number of carbonyl (C=O) groups is 1. The predicted octanol–water partition coefficient (Wildman–Crippen LogP) is 5.93. The highest BCUT2D eigenvalue weighted by Gasteiger charge is 2.09. The topological polar surface area (TPSA) is 60.5 Å². The van der Waals surface area contributed by atoms with Crippen molar-refractivity contribution >= 4 is 44.9 Å². The SMILES string of the molecule is Cc1cccc(OCCSc2nc3ccc(NC(=O)COc4ccc(F)cc4)cc3s2)c1. The van der Waals surface area contributed by atoms with Crippen LogP contribution in [0.2, 0.25) is 0 Å². The molecule has 0 aliphatic carbocycles. The van der Waals surface area contributed by atoms with E-state index in [1.807, 2.05) is 49.4 Å². The van der Waals surface area contributed by atoms with Crippen molar-refractivity contribution in [3.8, 4) is 11.5 Å². The average molecular weight is 469 g/mol. The zero-order chi connectivity index (χ0) is 22.3. The molecule has 0 aliphatic rings. The van der Waals surface area contributed by atoms with E-state index in [0.717, 1.165) is 26.1 Å². The Bertz CT molecular complexity index is 1210. The Morgan fingerprint density at radius 2 is 1.91 bits per heavy atom. The van der Waals surface area contributed by atoms with Gasteiger partial charge in [0.15, 0.2) is 10.9 Å². The number of amides is 1. The Labute approximate surface area is 193 Å². The lowest BCUT2D eigenvalue weighted by atomic mass is 10.2. The molecule has 1 amide bonds. The quantitative estimate of drug-likeness (QED) is 0.244. The number of carbonyl (C=O) groups excluding carboxylic acids is 1. The second-order valence-electron chi connectivity index (χ2n) is 6.97. The lowest BCUT2D eigenvalue weighted by Gasteiger charge is -2.07. The normalized spacial score (nSPS) is 10.8. The van der Waals surface area contributed by atoms with Gasteiger partial charge in [0, 0.05) is 11.4 Å². The van der Waals surface area contributed by atoms with Crippen molar-refractivity contribution in [3.63, 3.8) is 0 Å². The standard InChI is InChI=1S/C24H21FN2O3S2/c1-16-3-2-4-20(13-16)29-11-12-31-24-27-21-10-7-18(14-22(21)32-24)26-23(28)15-30-19-8-5-17(25)6-9-19/h2-10,13-14H,11-12,15H2,1H3,(H,26,28). The zero-order valence-corrected chi connectivity index (χ0v) is 19.0. The summed E-state index contributed by atoms with van der Waals surface area (Å²) in [5.74, 6) is 1.46. The van der Waals surface area contributed by atoms with Crippen LogP contribution in [-0.2, 0) is 4.79 Å². The number of nitrogens with one attached hydrogen (secondary N) is 1. The maximum absolute atomic E-state index is 12.9. The number of anilines is 1. The largest absolute Gasteiger partial charge is 0.493 e. The number of ether oxygens (including phenoxy) is 2. The van der Waals surface area contributed by atoms with E-state index in [-0.39, 0.29) is 18.3 Å². The van der Waals surface area contributed by atoms with Gasteiger partial charge in [-0.25, -0.2) is 9.37 Å². The van der Waals surface area contributed by atoms with Gasteiger partial charge in [-0.05, 0) is 67.1 Å². The van der Waals surface area contributed by atoms with Crippen LogP contribution in [0.4, 0.5) is 10.1 Å². The Kier molecular flexibility index (Phi) is 7.24. The number of fused-ring (bicyclic) bond motifs is 1. The Balaban J connectivity index is 1.27. The van der Waals surface area contributed by atoms with Crippen molar-refractivity contribution in [2.24, 2.45) is 0 Å². The highest BCUT2D eigenvalue weighted by atomic mass is 32.2. The van der Waals surface area contributed by atoms with Gasteiger partial charge in [-0.15, -0.1) is 11.3 Å². The maximum Gasteiger partial charge on any atom is 0.262 e. The summed E-state index contributed by atoms with van der Waals surface area (Å²) in [6, 6.07) is 19.1. The third kappa shape index (κ3) is 6.21. The van der Waals surface area contributed by atoms with E-state index < -0.39 is 0 Å². The molecule has 0 saturated heterocycles. The van der Waals surface area contributed by atoms with Gasteiger partial charge in [0.05, 0.1) is 16.8 Å². The van der Waals surface area contributed by atoms with Crippen LogP contribution < -0.4 is 14.8 Å². The van der Waals surface area contributed by atoms with Gasteiger partial charge >= 0.3 is 0 Å².